The van der Waals surface area contributed by atoms with Crippen LogP contribution in [0.5, 0.6) is 11.5 Å². The second-order valence-electron chi connectivity index (χ2n) is 4.36. The molecule has 106 valence electrons. The first kappa shape index (κ1) is 13.0. The molecule has 7 nitrogen and oxygen atoms in total. The lowest BCUT2D eigenvalue weighted by Crippen LogP contribution is -1.91. The third-order valence-electron chi connectivity index (χ3n) is 2.86. The number of aromatic hydroxyl groups is 1. The molecule has 0 atom stereocenters. The summed E-state index contributed by atoms with van der Waals surface area (Å²) in [6.07, 6.45) is 3.34. The van der Waals surface area contributed by atoms with Crippen LogP contribution in [0.25, 0.3) is 23.1 Å². The normalized spacial score (nSPS) is 10.6. The molecule has 2 aromatic heterocycles. The van der Waals surface area contributed by atoms with E-state index >= 15 is 0 Å². The predicted octanol–water partition coefficient (Wildman–Crippen LogP) is 2.22. The Morgan fingerprint density at radius 2 is 1.90 bits per heavy atom. The second-order valence-corrected chi connectivity index (χ2v) is 4.36. The van der Waals surface area contributed by atoms with E-state index in [0.717, 1.165) is 5.56 Å². The number of phenolic OH excluding ortho intramolecular Hbond substituents is 1. The summed E-state index contributed by atoms with van der Waals surface area (Å²) in [7, 11) is 1.47. The van der Waals surface area contributed by atoms with Crippen molar-refractivity contribution >= 4 is 0 Å². The largest absolute Gasteiger partial charge is 0.504 e. The molecule has 0 aliphatic heterocycles. The highest BCUT2D eigenvalue weighted by Crippen LogP contribution is 2.36. The van der Waals surface area contributed by atoms with E-state index < -0.39 is 0 Å². The number of hydrogen-bond acceptors (Lipinski definition) is 7. The van der Waals surface area contributed by atoms with Crippen LogP contribution < -0.4 is 4.74 Å². The molecular weight excluding hydrogens is 272 g/mol. The van der Waals surface area contributed by atoms with Crippen LogP contribution in [0.2, 0.25) is 0 Å². The van der Waals surface area contributed by atoms with E-state index in [-0.39, 0.29) is 17.5 Å². The number of aryl methyl sites for hydroxylation is 1. The predicted molar refractivity (Wildman–Crippen MR) is 73.7 cm³/mol. The number of benzene rings is 1. The average molecular weight is 284 g/mol. The van der Waals surface area contributed by atoms with Gasteiger partial charge in [0, 0.05) is 12.4 Å². The minimum atomic E-state index is -0.0555. The Morgan fingerprint density at radius 1 is 1.14 bits per heavy atom. The quantitative estimate of drug-likeness (QED) is 0.787. The van der Waals surface area contributed by atoms with Crippen molar-refractivity contribution in [2.75, 3.05) is 7.11 Å². The fourth-order valence-corrected chi connectivity index (χ4v) is 1.79. The van der Waals surface area contributed by atoms with Crippen LogP contribution >= 0.6 is 0 Å². The van der Waals surface area contributed by atoms with Crippen molar-refractivity contribution in [3.63, 3.8) is 0 Å². The molecule has 7 heteroatoms. The zero-order valence-electron chi connectivity index (χ0n) is 11.4. The van der Waals surface area contributed by atoms with Gasteiger partial charge in [-0.25, -0.2) is 9.97 Å². The number of para-hydroxylation sites is 1. The lowest BCUT2D eigenvalue weighted by molar-refractivity contribution is 0.371. The first-order chi connectivity index (χ1) is 10.2. The Kier molecular flexibility index (Phi) is 3.23. The van der Waals surface area contributed by atoms with Gasteiger partial charge in [-0.2, -0.15) is 4.98 Å². The number of ether oxygens (including phenoxy) is 1. The summed E-state index contributed by atoms with van der Waals surface area (Å²) in [6, 6.07) is 5.02. The standard InChI is InChI=1S/C14H12N4O3/c1-8-6-15-12(16-7-8)13-17-14(21-18-13)9-4-3-5-10(20-2)11(9)19/h3-7,19H,1-2H3. The fourth-order valence-electron chi connectivity index (χ4n) is 1.79. The van der Waals surface area contributed by atoms with E-state index in [1.807, 2.05) is 6.92 Å². The van der Waals surface area contributed by atoms with Gasteiger partial charge >= 0.3 is 0 Å². The number of methoxy groups -OCH3 is 1. The van der Waals surface area contributed by atoms with E-state index in [2.05, 4.69) is 20.1 Å². The summed E-state index contributed by atoms with van der Waals surface area (Å²) in [5, 5.41) is 13.9. The summed E-state index contributed by atoms with van der Waals surface area (Å²) in [5.74, 6) is 1.06. The van der Waals surface area contributed by atoms with Crippen molar-refractivity contribution in [2.24, 2.45) is 0 Å². The Bertz CT molecular complexity index is 768. The molecule has 2 heterocycles. The maximum atomic E-state index is 10.1. The lowest BCUT2D eigenvalue weighted by atomic mass is 10.2. The van der Waals surface area contributed by atoms with Crippen molar-refractivity contribution in [3.05, 3.63) is 36.2 Å². The highest BCUT2D eigenvalue weighted by molar-refractivity contribution is 5.67. The second kappa shape index (κ2) is 5.20. The average Bonchev–Trinajstić information content (AvgIpc) is 2.98. The molecule has 3 aromatic rings. The number of aromatic nitrogens is 4. The zero-order chi connectivity index (χ0) is 14.8. The number of hydrogen-bond donors (Lipinski definition) is 1. The Hall–Kier alpha value is -2.96. The molecule has 0 radical (unpaired) electrons. The molecule has 21 heavy (non-hydrogen) atoms. The van der Waals surface area contributed by atoms with Crippen molar-refractivity contribution in [1.82, 2.24) is 20.1 Å². The van der Waals surface area contributed by atoms with Crippen LogP contribution in [0.15, 0.2) is 35.1 Å². The Labute approximate surface area is 120 Å². The molecule has 0 amide bonds. The zero-order valence-corrected chi connectivity index (χ0v) is 11.4. The fraction of sp³-hybridized carbons (Fsp3) is 0.143. The summed E-state index contributed by atoms with van der Waals surface area (Å²) >= 11 is 0. The molecule has 0 saturated heterocycles. The lowest BCUT2D eigenvalue weighted by Gasteiger charge is -2.04. The molecule has 0 fully saturated rings. The molecule has 0 unspecified atom stereocenters. The molecule has 0 saturated carbocycles. The van der Waals surface area contributed by atoms with Crippen molar-refractivity contribution in [2.45, 2.75) is 6.92 Å². The molecule has 0 bridgehead atoms. The van der Waals surface area contributed by atoms with E-state index in [1.54, 1.807) is 30.6 Å². The van der Waals surface area contributed by atoms with Gasteiger partial charge in [-0.15, -0.1) is 0 Å². The van der Waals surface area contributed by atoms with E-state index in [0.29, 0.717) is 17.1 Å². The third-order valence-corrected chi connectivity index (χ3v) is 2.86. The van der Waals surface area contributed by atoms with Gasteiger partial charge in [-0.1, -0.05) is 11.2 Å². The van der Waals surface area contributed by atoms with Gasteiger partial charge in [0.25, 0.3) is 5.89 Å². The summed E-state index contributed by atoms with van der Waals surface area (Å²) in [6.45, 7) is 1.89. The summed E-state index contributed by atoms with van der Waals surface area (Å²) in [5.41, 5.74) is 1.33. The highest BCUT2D eigenvalue weighted by Gasteiger charge is 2.17. The third kappa shape index (κ3) is 2.40. The van der Waals surface area contributed by atoms with Crippen LogP contribution in [0.1, 0.15) is 5.56 Å². The van der Waals surface area contributed by atoms with Gasteiger partial charge in [0.2, 0.25) is 11.6 Å². The minimum Gasteiger partial charge on any atom is -0.504 e. The maximum Gasteiger partial charge on any atom is 0.262 e. The number of nitrogens with zero attached hydrogens (tertiary/aromatic N) is 4. The monoisotopic (exact) mass is 284 g/mol. The van der Waals surface area contributed by atoms with Gasteiger partial charge < -0.3 is 14.4 Å². The van der Waals surface area contributed by atoms with E-state index in [9.17, 15) is 5.11 Å². The maximum absolute atomic E-state index is 10.1. The molecule has 0 aliphatic carbocycles. The minimum absolute atomic E-state index is 0.0555. The first-order valence-corrected chi connectivity index (χ1v) is 6.18. The summed E-state index contributed by atoms with van der Waals surface area (Å²) in [4.78, 5) is 12.5. The summed E-state index contributed by atoms with van der Waals surface area (Å²) < 4.78 is 10.2. The van der Waals surface area contributed by atoms with Crippen molar-refractivity contribution in [1.29, 1.82) is 0 Å². The highest BCUT2D eigenvalue weighted by atomic mass is 16.5. The number of phenols is 1. The van der Waals surface area contributed by atoms with E-state index in [1.165, 1.54) is 7.11 Å². The number of rotatable bonds is 3. The Balaban J connectivity index is 2.00. The van der Waals surface area contributed by atoms with Crippen molar-refractivity contribution < 1.29 is 14.4 Å². The first-order valence-electron chi connectivity index (χ1n) is 6.18. The molecule has 3 rings (SSSR count). The molecular formula is C14H12N4O3. The van der Waals surface area contributed by atoms with Crippen LogP contribution in [0, 0.1) is 6.92 Å². The van der Waals surface area contributed by atoms with Gasteiger partial charge in [0.1, 0.15) is 0 Å². The smallest absolute Gasteiger partial charge is 0.262 e. The van der Waals surface area contributed by atoms with Gasteiger partial charge in [0.05, 0.1) is 12.7 Å². The van der Waals surface area contributed by atoms with Gasteiger partial charge in [-0.05, 0) is 24.6 Å². The molecule has 1 N–H and O–H groups in total. The molecule has 0 spiro atoms. The van der Waals surface area contributed by atoms with Crippen LogP contribution in [-0.2, 0) is 0 Å². The topological polar surface area (TPSA) is 94.2 Å². The molecule has 0 aliphatic rings. The van der Waals surface area contributed by atoms with Gasteiger partial charge in [0.15, 0.2) is 11.5 Å². The van der Waals surface area contributed by atoms with Crippen LogP contribution in [0.4, 0.5) is 0 Å². The van der Waals surface area contributed by atoms with Crippen LogP contribution in [0.3, 0.4) is 0 Å². The molecule has 1 aromatic carbocycles. The van der Waals surface area contributed by atoms with Crippen molar-refractivity contribution in [3.8, 4) is 34.6 Å². The van der Waals surface area contributed by atoms with Crippen LogP contribution in [-0.4, -0.2) is 32.3 Å². The van der Waals surface area contributed by atoms with Gasteiger partial charge in [-0.3, -0.25) is 0 Å². The Morgan fingerprint density at radius 3 is 2.62 bits per heavy atom. The van der Waals surface area contributed by atoms with E-state index in [4.69, 9.17) is 9.26 Å². The SMILES string of the molecule is COc1cccc(-c2nc(-c3ncc(C)cn3)no2)c1O.